The summed E-state index contributed by atoms with van der Waals surface area (Å²) < 4.78 is 7.98. The van der Waals surface area contributed by atoms with Crippen molar-refractivity contribution in [1.82, 2.24) is 14.8 Å². The first kappa shape index (κ1) is 11.9. The molecule has 0 atom stereocenters. The molecule has 0 aliphatic carbocycles. The van der Waals surface area contributed by atoms with Crippen molar-refractivity contribution in [2.24, 2.45) is 0 Å². The predicted molar refractivity (Wildman–Crippen MR) is 69.2 cm³/mol. The van der Waals surface area contributed by atoms with Crippen molar-refractivity contribution in [3.8, 4) is 11.4 Å². The van der Waals surface area contributed by atoms with Gasteiger partial charge < -0.3 is 10.5 Å². The van der Waals surface area contributed by atoms with Crippen LogP contribution in [0.1, 0.15) is 13.8 Å². The fourth-order valence-corrected chi connectivity index (χ4v) is 1.64. The number of nitrogen functional groups attached to an aromatic ring is 1. The smallest absolute Gasteiger partial charge is 0.160 e. The number of pyridine rings is 1. The van der Waals surface area contributed by atoms with Gasteiger partial charge in [-0.3, -0.25) is 4.98 Å². The maximum atomic E-state index is 5.67. The van der Waals surface area contributed by atoms with Crippen LogP contribution in [0.4, 0.5) is 5.82 Å². The lowest BCUT2D eigenvalue weighted by Gasteiger charge is -2.10. The van der Waals surface area contributed by atoms with Crippen molar-refractivity contribution in [1.29, 1.82) is 0 Å². The van der Waals surface area contributed by atoms with E-state index in [1.54, 1.807) is 23.3 Å². The average molecular weight is 297 g/mol. The number of halogens is 1. The van der Waals surface area contributed by atoms with Gasteiger partial charge in [0.05, 0.1) is 28.7 Å². The minimum Gasteiger partial charge on any atom is -0.489 e. The van der Waals surface area contributed by atoms with Gasteiger partial charge in [0.1, 0.15) is 5.75 Å². The summed E-state index contributed by atoms with van der Waals surface area (Å²) >= 11 is 3.31. The predicted octanol–water partition coefficient (Wildman–Crippen LogP) is 2.40. The van der Waals surface area contributed by atoms with Crippen molar-refractivity contribution < 1.29 is 4.74 Å². The van der Waals surface area contributed by atoms with Crippen molar-refractivity contribution >= 4 is 21.7 Å². The van der Waals surface area contributed by atoms with Gasteiger partial charge in [0.2, 0.25) is 0 Å². The summed E-state index contributed by atoms with van der Waals surface area (Å²) in [5.41, 5.74) is 6.47. The molecule has 0 spiro atoms. The zero-order valence-electron chi connectivity index (χ0n) is 9.59. The lowest BCUT2D eigenvalue weighted by atomic mass is 10.4. The van der Waals surface area contributed by atoms with Crippen LogP contribution >= 0.6 is 15.9 Å². The third-order valence-electron chi connectivity index (χ3n) is 2.03. The van der Waals surface area contributed by atoms with Crippen LogP contribution in [0.5, 0.6) is 5.75 Å². The lowest BCUT2D eigenvalue weighted by molar-refractivity contribution is 0.241. The number of hydrogen-bond acceptors (Lipinski definition) is 4. The van der Waals surface area contributed by atoms with Crippen LogP contribution in [0.25, 0.3) is 5.69 Å². The molecule has 0 saturated heterocycles. The van der Waals surface area contributed by atoms with Gasteiger partial charge >= 0.3 is 0 Å². The molecule has 5 nitrogen and oxygen atoms in total. The third kappa shape index (κ3) is 2.76. The minimum absolute atomic E-state index is 0.112. The molecule has 2 aromatic rings. The van der Waals surface area contributed by atoms with Gasteiger partial charge in [0.25, 0.3) is 0 Å². The van der Waals surface area contributed by atoms with Crippen LogP contribution < -0.4 is 10.5 Å². The van der Waals surface area contributed by atoms with Gasteiger partial charge in [0, 0.05) is 12.3 Å². The van der Waals surface area contributed by atoms with Crippen molar-refractivity contribution in [3.63, 3.8) is 0 Å². The van der Waals surface area contributed by atoms with E-state index < -0.39 is 0 Å². The van der Waals surface area contributed by atoms with E-state index in [1.807, 2.05) is 19.9 Å². The van der Waals surface area contributed by atoms with E-state index in [1.165, 1.54) is 0 Å². The summed E-state index contributed by atoms with van der Waals surface area (Å²) in [6.07, 6.45) is 5.27. The molecule has 17 heavy (non-hydrogen) atoms. The Bertz CT molecular complexity index is 504. The van der Waals surface area contributed by atoms with E-state index in [4.69, 9.17) is 10.5 Å². The van der Waals surface area contributed by atoms with Crippen LogP contribution in [0, 0.1) is 0 Å². The Morgan fingerprint density at radius 2 is 2.18 bits per heavy atom. The highest BCUT2D eigenvalue weighted by Crippen LogP contribution is 2.21. The SMILES string of the molecule is CC(C)Oc1cncc(-n2cc(Br)c(N)n2)c1. The molecule has 0 unspecified atom stereocenters. The monoisotopic (exact) mass is 296 g/mol. The Morgan fingerprint density at radius 1 is 1.41 bits per heavy atom. The molecule has 0 radical (unpaired) electrons. The number of anilines is 1. The van der Waals surface area contributed by atoms with Gasteiger partial charge in [-0.15, -0.1) is 5.10 Å². The Labute approximate surface area is 108 Å². The highest BCUT2D eigenvalue weighted by atomic mass is 79.9. The second-order valence-corrected chi connectivity index (χ2v) is 4.71. The molecule has 0 aliphatic heterocycles. The van der Waals surface area contributed by atoms with E-state index >= 15 is 0 Å². The van der Waals surface area contributed by atoms with Crippen LogP contribution in [0.2, 0.25) is 0 Å². The van der Waals surface area contributed by atoms with E-state index in [2.05, 4.69) is 26.0 Å². The molecular formula is C11H13BrN4O. The lowest BCUT2D eigenvalue weighted by Crippen LogP contribution is -2.06. The highest BCUT2D eigenvalue weighted by Gasteiger charge is 2.06. The first-order valence-electron chi connectivity index (χ1n) is 5.19. The van der Waals surface area contributed by atoms with Gasteiger partial charge in [-0.1, -0.05) is 0 Å². The molecular weight excluding hydrogens is 284 g/mol. The third-order valence-corrected chi connectivity index (χ3v) is 2.64. The van der Waals surface area contributed by atoms with Crippen molar-refractivity contribution in [2.45, 2.75) is 20.0 Å². The largest absolute Gasteiger partial charge is 0.489 e. The van der Waals surface area contributed by atoms with Crippen molar-refractivity contribution in [2.75, 3.05) is 5.73 Å². The Morgan fingerprint density at radius 3 is 2.76 bits per heavy atom. The van der Waals surface area contributed by atoms with Gasteiger partial charge in [-0.05, 0) is 29.8 Å². The Hall–Kier alpha value is -1.56. The minimum atomic E-state index is 0.112. The topological polar surface area (TPSA) is 66.0 Å². The van der Waals surface area contributed by atoms with Crippen LogP contribution in [-0.2, 0) is 0 Å². The van der Waals surface area contributed by atoms with Gasteiger partial charge in [0.15, 0.2) is 5.82 Å². The molecule has 2 N–H and O–H groups in total. The number of rotatable bonds is 3. The van der Waals surface area contributed by atoms with Crippen LogP contribution in [0.15, 0.2) is 29.1 Å². The highest BCUT2D eigenvalue weighted by molar-refractivity contribution is 9.10. The summed E-state index contributed by atoms with van der Waals surface area (Å²) in [6, 6.07) is 1.87. The first-order chi connectivity index (χ1) is 8.06. The van der Waals surface area contributed by atoms with Crippen molar-refractivity contribution in [3.05, 3.63) is 29.1 Å². The van der Waals surface area contributed by atoms with E-state index in [0.29, 0.717) is 11.6 Å². The van der Waals surface area contributed by atoms with Crippen LogP contribution in [-0.4, -0.2) is 20.9 Å². The van der Waals surface area contributed by atoms with Gasteiger partial charge in [-0.2, -0.15) is 0 Å². The number of aromatic nitrogens is 3. The summed E-state index contributed by atoms with van der Waals surface area (Å²) in [4.78, 5) is 4.11. The first-order valence-corrected chi connectivity index (χ1v) is 5.98. The van der Waals surface area contributed by atoms with Gasteiger partial charge in [-0.25, -0.2) is 4.68 Å². The molecule has 2 rings (SSSR count). The number of nitrogens with zero attached hydrogens (tertiary/aromatic N) is 3. The molecule has 90 valence electrons. The Balaban J connectivity index is 2.32. The zero-order chi connectivity index (χ0) is 12.4. The molecule has 2 aromatic heterocycles. The quantitative estimate of drug-likeness (QED) is 0.944. The fourth-order valence-electron chi connectivity index (χ4n) is 1.37. The maximum absolute atomic E-state index is 5.67. The second kappa shape index (κ2) is 4.75. The van der Waals surface area contributed by atoms with E-state index in [0.717, 1.165) is 10.2 Å². The molecule has 0 amide bonds. The van der Waals surface area contributed by atoms with Crippen LogP contribution in [0.3, 0.4) is 0 Å². The molecule has 0 aliphatic rings. The summed E-state index contributed by atoms with van der Waals surface area (Å²) in [7, 11) is 0. The standard InChI is InChI=1S/C11H13BrN4O/c1-7(2)17-9-3-8(4-14-5-9)16-6-10(12)11(13)15-16/h3-7H,1-2H3,(H2,13,15). The molecule has 0 aromatic carbocycles. The maximum Gasteiger partial charge on any atom is 0.160 e. The summed E-state index contributed by atoms with van der Waals surface area (Å²) in [5.74, 6) is 1.16. The number of hydrogen-bond donors (Lipinski definition) is 1. The molecule has 0 fully saturated rings. The summed E-state index contributed by atoms with van der Waals surface area (Å²) in [5, 5.41) is 4.15. The number of ether oxygens (including phenoxy) is 1. The summed E-state index contributed by atoms with van der Waals surface area (Å²) in [6.45, 7) is 3.93. The fraction of sp³-hybridized carbons (Fsp3) is 0.273. The molecule has 0 saturated carbocycles. The number of nitrogens with two attached hydrogens (primary N) is 1. The molecule has 6 heteroatoms. The zero-order valence-corrected chi connectivity index (χ0v) is 11.2. The second-order valence-electron chi connectivity index (χ2n) is 3.85. The normalized spacial score (nSPS) is 10.8. The van der Waals surface area contributed by atoms with E-state index in [9.17, 15) is 0 Å². The van der Waals surface area contributed by atoms with E-state index in [-0.39, 0.29) is 6.10 Å². The Kier molecular flexibility index (Phi) is 3.33. The average Bonchev–Trinajstić information content (AvgIpc) is 2.59. The molecule has 0 bridgehead atoms. The molecule has 2 heterocycles.